The van der Waals surface area contributed by atoms with Crippen LogP contribution in [0.5, 0.6) is 0 Å². The highest BCUT2D eigenvalue weighted by Gasteiger charge is 2.14. The second kappa shape index (κ2) is 5.67. The smallest absolute Gasteiger partial charge is 0.254 e. The van der Waals surface area contributed by atoms with E-state index in [0.29, 0.717) is 11.1 Å². The van der Waals surface area contributed by atoms with E-state index in [9.17, 15) is 9.59 Å². The molecule has 1 rings (SSSR count). The van der Waals surface area contributed by atoms with Crippen LogP contribution in [0.4, 0.5) is 0 Å². The minimum Gasteiger partial charge on any atom is -0.409 e. The number of amides is 2. The first-order valence-electron chi connectivity index (χ1n) is 5.07. The number of rotatable bonds is 4. The van der Waals surface area contributed by atoms with Crippen molar-refractivity contribution in [1.29, 1.82) is 0 Å². The molecule has 0 saturated heterocycles. The minimum absolute atomic E-state index is 0.0952. The first kappa shape index (κ1) is 13.5. The molecule has 0 aliphatic heterocycles. The summed E-state index contributed by atoms with van der Waals surface area (Å²) in [4.78, 5) is 23.8. The summed E-state index contributed by atoms with van der Waals surface area (Å²) >= 11 is 0. The van der Waals surface area contributed by atoms with Crippen LogP contribution in [-0.2, 0) is 4.79 Å². The number of amidine groups is 1. The number of primary amides is 1. The molecule has 0 atom stereocenters. The molecule has 0 heterocycles. The van der Waals surface area contributed by atoms with Crippen LogP contribution >= 0.6 is 0 Å². The number of hydrogen-bond donors (Lipinski definition) is 3. The number of oxime groups is 1. The van der Waals surface area contributed by atoms with Crippen LogP contribution in [0.1, 0.15) is 15.9 Å². The molecule has 7 nitrogen and oxygen atoms in total. The highest BCUT2D eigenvalue weighted by atomic mass is 16.4. The summed E-state index contributed by atoms with van der Waals surface area (Å²) < 4.78 is 0. The molecule has 0 radical (unpaired) electrons. The third-order valence-electron chi connectivity index (χ3n) is 2.25. The summed E-state index contributed by atoms with van der Waals surface area (Å²) in [5, 5.41) is 11.4. The molecule has 0 aromatic heterocycles. The largest absolute Gasteiger partial charge is 0.409 e. The summed E-state index contributed by atoms with van der Waals surface area (Å²) in [6.07, 6.45) is 0. The Kier molecular flexibility index (Phi) is 4.25. The summed E-state index contributed by atoms with van der Waals surface area (Å²) in [5.41, 5.74) is 11.2. The lowest BCUT2D eigenvalue weighted by atomic mass is 10.1. The predicted octanol–water partition coefficient (Wildman–Crippen LogP) is -0.662. The molecule has 7 heteroatoms. The van der Waals surface area contributed by atoms with Crippen molar-refractivity contribution in [3.63, 3.8) is 0 Å². The molecule has 18 heavy (non-hydrogen) atoms. The van der Waals surface area contributed by atoms with E-state index in [1.165, 1.54) is 18.0 Å². The summed E-state index contributed by atoms with van der Waals surface area (Å²) in [7, 11) is 1.46. The van der Waals surface area contributed by atoms with Gasteiger partial charge >= 0.3 is 0 Å². The number of benzene rings is 1. The van der Waals surface area contributed by atoms with Gasteiger partial charge in [-0.15, -0.1) is 0 Å². The van der Waals surface area contributed by atoms with Gasteiger partial charge in [0.05, 0.1) is 6.54 Å². The molecule has 0 saturated carbocycles. The number of nitrogens with two attached hydrogens (primary N) is 2. The maximum absolute atomic E-state index is 11.9. The van der Waals surface area contributed by atoms with Crippen molar-refractivity contribution in [2.24, 2.45) is 16.6 Å². The summed E-state index contributed by atoms with van der Waals surface area (Å²) in [5.74, 6) is -1.07. The third kappa shape index (κ3) is 3.21. The Balaban J connectivity index is 2.96. The van der Waals surface area contributed by atoms with Crippen molar-refractivity contribution < 1.29 is 14.8 Å². The standard InChI is InChI=1S/C11H14N4O3/c1-15(6-9(12)16)11(17)8-4-2-3-7(5-8)10(13)14-18/h2-5,18H,6H2,1H3,(H2,12,16)(H2,13,14). The van der Waals surface area contributed by atoms with Crippen LogP contribution in [0.25, 0.3) is 0 Å². The van der Waals surface area contributed by atoms with E-state index in [2.05, 4.69) is 5.16 Å². The lowest BCUT2D eigenvalue weighted by molar-refractivity contribution is -0.118. The first-order chi connectivity index (χ1) is 8.45. The topological polar surface area (TPSA) is 122 Å². The van der Waals surface area contributed by atoms with Crippen LogP contribution in [-0.4, -0.2) is 41.3 Å². The van der Waals surface area contributed by atoms with Crippen LogP contribution in [0.15, 0.2) is 29.4 Å². The molecule has 1 aromatic carbocycles. The van der Waals surface area contributed by atoms with E-state index in [1.807, 2.05) is 0 Å². The number of hydrogen-bond acceptors (Lipinski definition) is 4. The normalized spacial score (nSPS) is 11.1. The first-order valence-corrected chi connectivity index (χ1v) is 5.07. The molecule has 0 unspecified atom stereocenters. The van der Waals surface area contributed by atoms with Crippen molar-refractivity contribution in [3.8, 4) is 0 Å². The van der Waals surface area contributed by atoms with Crippen LogP contribution in [0.3, 0.4) is 0 Å². The van der Waals surface area contributed by atoms with Gasteiger partial charge in [0.15, 0.2) is 5.84 Å². The fourth-order valence-electron chi connectivity index (χ4n) is 1.40. The molecule has 2 amide bonds. The fourth-order valence-corrected chi connectivity index (χ4v) is 1.40. The Morgan fingerprint density at radius 3 is 2.50 bits per heavy atom. The maximum Gasteiger partial charge on any atom is 0.254 e. The van der Waals surface area contributed by atoms with Crippen LogP contribution in [0.2, 0.25) is 0 Å². The zero-order valence-electron chi connectivity index (χ0n) is 9.83. The molecule has 0 aliphatic carbocycles. The molecule has 0 aliphatic rings. The van der Waals surface area contributed by atoms with Crippen molar-refractivity contribution in [1.82, 2.24) is 4.90 Å². The second-order valence-corrected chi connectivity index (χ2v) is 3.69. The fraction of sp³-hybridized carbons (Fsp3) is 0.182. The van der Waals surface area contributed by atoms with Crippen molar-refractivity contribution in [2.75, 3.05) is 13.6 Å². The Morgan fingerprint density at radius 1 is 1.33 bits per heavy atom. The van der Waals surface area contributed by atoms with Crippen LogP contribution < -0.4 is 11.5 Å². The second-order valence-electron chi connectivity index (χ2n) is 3.69. The third-order valence-corrected chi connectivity index (χ3v) is 2.25. The van der Waals surface area contributed by atoms with E-state index >= 15 is 0 Å². The average Bonchev–Trinajstić information content (AvgIpc) is 2.36. The maximum atomic E-state index is 11.9. The van der Waals surface area contributed by atoms with Crippen molar-refractivity contribution in [3.05, 3.63) is 35.4 Å². The predicted molar refractivity (Wildman–Crippen MR) is 65.1 cm³/mol. The van der Waals surface area contributed by atoms with Gasteiger partial charge in [0.2, 0.25) is 5.91 Å². The molecule has 0 fully saturated rings. The average molecular weight is 250 g/mol. The molecule has 96 valence electrons. The Labute approximate surface area is 104 Å². The van der Waals surface area contributed by atoms with Gasteiger partial charge in [-0.3, -0.25) is 9.59 Å². The van der Waals surface area contributed by atoms with Crippen LogP contribution in [0, 0.1) is 0 Å². The Hall–Kier alpha value is -2.57. The number of nitrogens with zero attached hydrogens (tertiary/aromatic N) is 2. The lowest BCUT2D eigenvalue weighted by Gasteiger charge is -2.15. The Bertz CT molecular complexity index is 499. The number of carbonyl (C=O) groups excluding carboxylic acids is 2. The monoisotopic (exact) mass is 250 g/mol. The Morgan fingerprint density at radius 2 is 1.94 bits per heavy atom. The van der Waals surface area contributed by atoms with Gasteiger partial charge in [0, 0.05) is 18.2 Å². The molecule has 5 N–H and O–H groups in total. The molecular weight excluding hydrogens is 236 g/mol. The van der Waals surface area contributed by atoms with Gasteiger partial charge in [-0.1, -0.05) is 17.3 Å². The molecular formula is C11H14N4O3. The van der Waals surface area contributed by atoms with Gasteiger partial charge in [-0.2, -0.15) is 0 Å². The van der Waals surface area contributed by atoms with E-state index < -0.39 is 5.91 Å². The van der Waals surface area contributed by atoms with Gasteiger partial charge in [-0.05, 0) is 12.1 Å². The van der Waals surface area contributed by atoms with Gasteiger partial charge < -0.3 is 21.6 Å². The lowest BCUT2D eigenvalue weighted by Crippen LogP contribution is -2.35. The quantitative estimate of drug-likeness (QED) is 0.284. The number of likely N-dealkylation sites (N-methyl/N-ethyl adjacent to an activating group) is 1. The van der Waals surface area contributed by atoms with Crippen molar-refractivity contribution in [2.45, 2.75) is 0 Å². The van der Waals surface area contributed by atoms with Gasteiger partial charge in [-0.25, -0.2) is 0 Å². The minimum atomic E-state index is -0.599. The van der Waals surface area contributed by atoms with E-state index in [1.54, 1.807) is 18.2 Å². The van der Waals surface area contributed by atoms with E-state index in [4.69, 9.17) is 16.7 Å². The van der Waals surface area contributed by atoms with Crippen molar-refractivity contribution >= 4 is 17.6 Å². The zero-order chi connectivity index (χ0) is 13.7. The zero-order valence-corrected chi connectivity index (χ0v) is 9.83. The molecule has 0 spiro atoms. The van der Waals surface area contributed by atoms with Gasteiger partial charge in [0.1, 0.15) is 0 Å². The summed E-state index contributed by atoms with van der Waals surface area (Å²) in [6.45, 7) is -0.174. The highest BCUT2D eigenvalue weighted by Crippen LogP contribution is 2.07. The van der Waals surface area contributed by atoms with E-state index in [-0.39, 0.29) is 18.3 Å². The molecule has 0 bridgehead atoms. The summed E-state index contributed by atoms with van der Waals surface area (Å²) in [6, 6.07) is 6.22. The molecule has 1 aromatic rings. The number of carbonyl (C=O) groups is 2. The SMILES string of the molecule is CN(CC(N)=O)C(=O)c1cccc(/C(N)=N/O)c1. The highest BCUT2D eigenvalue weighted by molar-refractivity contribution is 6.01. The van der Waals surface area contributed by atoms with Gasteiger partial charge in [0.25, 0.3) is 5.91 Å². The van der Waals surface area contributed by atoms with E-state index in [0.717, 1.165) is 0 Å².